The molecule has 4 rings (SSSR count). The summed E-state index contributed by atoms with van der Waals surface area (Å²) < 4.78 is 0. The number of anilines is 1. The van der Waals surface area contributed by atoms with Crippen LogP contribution < -0.4 is 5.32 Å². The van der Waals surface area contributed by atoms with Gasteiger partial charge in [-0.3, -0.25) is 19.3 Å². The summed E-state index contributed by atoms with van der Waals surface area (Å²) in [4.78, 5) is 40.4. The monoisotopic (exact) mass is 402 g/mol. The van der Waals surface area contributed by atoms with Gasteiger partial charge in [0.2, 0.25) is 0 Å². The number of hydrogen-bond acceptors (Lipinski definition) is 4. The van der Waals surface area contributed by atoms with Crippen LogP contribution in [0.4, 0.5) is 5.69 Å². The molecular weight excluding hydrogens is 384 g/mol. The van der Waals surface area contributed by atoms with Gasteiger partial charge in [0.15, 0.2) is 0 Å². The molecule has 0 aliphatic carbocycles. The van der Waals surface area contributed by atoms with Crippen LogP contribution in [-0.4, -0.2) is 28.9 Å². The summed E-state index contributed by atoms with van der Waals surface area (Å²) in [5.41, 5.74) is 2.50. The van der Waals surface area contributed by atoms with E-state index in [0.29, 0.717) is 16.8 Å². The average Bonchev–Trinajstić information content (AvgIpc) is 2.99. The zero-order valence-corrected chi connectivity index (χ0v) is 16.5. The standard InChI is InChI=1S/C23H18N2O3S/c1-29-20-10-6-5-9-19(20)24-21(26)16-11-12-17-18(13-16)23(28)25(22(17)27)14-15-7-3-2-4-8-15/h2-13H,14H2,1H3,(H,24,26). The smallest absolute Gasteiger partial charge is 0.261 e. The minimum Gasteiger partial charge on any atom is -0.321 e. The Morgan fingerprint density at radius 3 is 2.34 bits per heavy atom. The molecule has 0 bridgehead atoms. The van der Waals surface area contributed by atoms with Crippen molar-refractivity contribution < 1.29 is 14.4 Å². The summed E-state index contributed by atoms with van der Waals surface area (Å²) >= 11 is 1.53. The summed E-state index contributed by atoms with van der Waals surface area (Å²) in [5.74, 6) is -1.04. The maximum absolute atomic E-state index is 12.8. The van der Waals surface area contributed by atoms with Gasteiger partial charge in [-0.25, -0.2) is 0 Å². The molecule has 5 nitrogen and oxygen atoms in total. The molecule has 3 amide bonds. The van der Waals surface area contributed by atoms with E-state index in [1.165, 1.54) is 22.7 Å². The first-order valence-electron chi connectivity index (χ1n) is 9.07. The van der Waals surface area contributed by atoms with Gasteiger partial charge in [-0.05, 0) is 42.2 Å². The van der Waals surface area contributed by atoms with Crippen LogP contribution in [0, 0.1) is 0 Å². The Morgan fingerprint density at radius 2 is 1.59 bits per heavy atom. The number of benzene rings is 3. The van der Waals surface area contributed by atoms with Crippen molar-refractivity contribution >= 4 is 35.2 Å². The van der Waals surface area contributed by atoms with Crippen LogP contribution in [0.2, 0.25) is 0 Å². The molecule has 0 atom stereocenters. The SMILES string of the molecule is CSc1ccccc1NC(=O)c1ccc2c(c1)C(=O)N(Cc1ccccc1)C2=O. The van der Waals surface area contributed by atoms with E-state index >= 15 is 0 Å². The quantitative estimate of drug-likeness (QED) is 0.506. The van der Waals surface area contributed by atoms with Crippen molar-refractivity contribution in [1.82, 2.24) is 4.90 Å². The number of rotatable bonds is 5. The third-order valence-corrected chi connectivity index (χ3v) is 5.57. The maximum Gasteiger partial charge on any atom is 0.261 e. The predicted molar refractivity (Wildman–Crippen MR) is 113 cm³/mol. The van der Waals surface area contributed by atoms with Crippen LogP contribution >= 0.6 is 11.8 Å². The summed E-state index contributed by atoms with van der Waals surface area (Å²) in [6.07, 6.45) is 1.94. The minimum absolute atomic E-state index is 0.204. The zero-order valence-electron chi connectivity index (χ0n) is 15.7. The first-order chi connectivity index (χ1) is 14.1. The van der Waals surface area contributed by atoms with Gasteiger partial charge in [-0.2, -0.15) is 0 Å². The molecule has 1 N–H and O–H groups in total. The molecule has 0 aromatic heterocycles. The third-order valence-electron chi connectivity index (χ3n) is 4.77. The van der Waals surface area contributed by atoms with E-state index in [0.717, 1.165) is 10.5 Å². The zero-order chi connectivity index (χ0) is 20.4. The van der Waals surface area contributed by atoms with Gasteiger partial charge in [0.25, 0.3) is 17.7 Å². The van der Waals surface area contributed by atoms with Crippen LogP contribution in [0.15, 0.2) is 77.7 Å². The van der Waals surface area contributed by atoms with Gasteiger partial charge >= 0.3 is 0 Å². The van der Waals surface area contributed by atoms with Crippen LogP contribution in [0.1, 0.15) is 36.6 Å². The highest BCUT2D eigenvalue weighted by molar-refractivity contribution is 7.98. The van der Waals surface area contributed by atoms with E-state index in [2.05, 4.69) is 5.32 Å². The lowest BCUT2D eigenvalue weighted by Crippen LogP contribution is -2.29. The van der Waals surface area contributed by atoms with Crippen LogP contribution in [0.25, 0.3) is 0 Å². The Bertz CT molecular complexity index is 1110. The molecule has 0 fully saturated rings. The normalized spacial score (nSPS) is 12.8. The largest absolute Gasteiger partial charge is 0.321 e. The Hall–Kier alpha value is -3.38. The molecule has 0 unspecified atom stereocenters. The van der Waals surface area contributed by atoms with Crippen molar-refractivity contribution in [2.75, 3.05) is 11.6 Å². The molecule has 6 heteroatoms. The minimum atomic E-state index is -0.381. The molecular formula is C23H18N2O3S. The first-order valence-corrected chi connectivity index (χ1v) is 10.3. The molecule has 1 aliphatic rings. The molecule has 29 heavy (non-hydrogen) atoms. The van der Waals surface area contributed by atoms with Gasteiger partial charge < -0.3 is 5.32 Å². The van der Waals surface area contributed by atoms with E-state index in [1.54, 1.807) is 12.1 Å². The van der Waals surface area contributed by atoms with Crippen molar-refractivity contribution in [1.29, 1.82) is 0 Å². The van der Waals surface area contributed by atoms with E-state index in [-0.39, 0.29) is 29.8 Å². The van der Waals surface area contributed by atoms with Gasteiger partial charge in [-0.1, -0.05) is 42.5 Å². The number of carbonyl (C=O) groups excluding carboxylic acids is 3. The second-order valence-electron chi connectivity index (χ2n) is 6.60. The molecule has 0 spiro atoms. The maximum atomic E-state index is 12.8. The number of hydrogen-bond donors (Lipinski definition) is 1. The first kappa shape index (κ1) is 19.0. The Kier molecular flexibility index (Phi) is 5.18. The molecule has 144 valence electrons. The Morgan fingerprint density at radius 1 is 0.897 bits per heavy atom. The van der Waals surface area contributed by atoms with Gasteiger partial charge in [0.1, 0.15) is 0 Å². The van der Waals surface area contributed by atoms with Crippen LogP contribution in [0.5, 0.6) is 0 Å². The molecule has 0 saturated heterocycles. The second-order valence-corrected chi connectivity index (χ2v) is 7.44. The van der Waals surface area contributed by atoms with Crippen molar-refractivity contribution in [3.8, 4) is 0 Å². The number of nitrogens with one attached hydrogen (secondary N) is 1. The second kappa shape index (κ2) is 7.93. The van der Waals surface area contributed by atoms with E-state index in [1.807, 2.05) is 60.9 Å². The topological polar surface area (TPSA) is 66.5 Å². The number of carbonyl (C=O) groups is 3. The number of amides is 3. The highest BCUT2D eigenvalue weighted by Crippen LogP contribution is 2.28. The number of thioether (sulfide) groups is 1. The van der Waals surface area contributed by atoms with Crippen molar-refractivity contribution in [3.05, 3.63) is 95.1 Å². The molecule has 0 radical (unpaired) electrons. The lowest BCUT2D eigenvalue weighted by atomic mass is 10.1. The fraction of sp³-hybridized carbons (Fsp3) is 0.0870. The average molecular weight is 402 g/mol. The number of fused-ring (bicyclic) bond motifs is 1. The Labute approximate surface area is 172 Å². The predicted octanol–water partition coefficient (Wildman–Crippen LogP) is 4.46. The number of nitrogens with zero attached hydrogens (tertiary/aromatic N) is 1. The van der Waals surface area contributed by atoms with E-state index in [9.17, 15) is 14.4 Å². The van der Waals surface area contributed by atoms with Crippen LogP contribution in [0.3, 0.4) is 0 Å². The molecule has 1 aliphatic heterocycles. The summed E-state index contributed by atoms with van der Waals surface area (Å²) in [6.45, 7) is 0.204. The van der Waals surface area contributed by atoms with Gasteiger partial charge in [0, 0.05) is 10.5 Å². The lowest BCUT2D eigenvalue weighted by Gasteiger charge is -2.13. The van der Waals surface area contributed by atoms with E-state index in [4.69, 9.17) is 0 Å². The molecule has 0 saturated carbocycles. The lowest BCUT2D eigenvalue weighted by molar-refractivity contribution is 0.0642. The third kappa shape index (κ3) is 3.67. The Balaban J connectivity index is 1.58. The summed E-state index contributed by atoms with van der Waals surface area (Å²) in [7, 11) is 0. The summed E-state index contributed by atoms with van der Waals surface area (Å²) in [5, 5.41) is 2.88. The summed E-state index contributed by atoms with van der Waals surface area (Å²) in [6, 6.07) is 21.5. The number of para-hydroxylation sites is 1. The van der Waals surface area contributed by atoms with E-state index < -0.39 is 0 Å². The fourth-order valence-electron chi connectivity index (χ4n) is 3.28. The molecule has 3 aromatic carbocycles. The fourth-order valence-corrected chi connectivity index (χ4v) is 3.84. The highest BCUT2D eigenvalue weighted by Gasteiger charge is 2.36. The van der Waals surface area contributed by atoms with Crippen molar-refractivity contribution in [2.24, 2.45) is 0 Å². The molecule has 3 aromatic rings. The highest BCUT2D eigenvalue weighted by atomic mass is 32.2. The van der Waals surface area contributed by atoms with Gasteiger partial charge in [-0.15, -0.1) is 11.8 Å². The van der Waals surface area contributed by atoms with Crippen LogP contribution in [-0.2, 0) is 6.54 Å². The molecule has 1 heterocycles. The van der Waals surface area contributed by atoms with Crippen molar-refractivity contribution in [3.63, 3.8) is 0 Å². The van der Waals surface area contributed by atoms with Crippen molar-refractivity contribution in [2.45, 2.75) is 11.4 Å². The number of imide groups is 1. The van der Waals surface area contributed by atoms with Gasteiger partial charge in [0.05, 0.1) is 23.4 Å².